The second-order valence-electron chi connectivity index (χ2n) is 1.68. The molecule has 0 bridgehead atoms. The SMILES string of the molecule is C=C.C=O.CC.Cc1cn(C)cn1. The number of hydrogen-bond acceptors (Lipinski definition) is 2. The minimum Gasteiger partial charge on any atom is -0.340 e. The highest BCUT2D eigenvalue weighted by molar-refractivity contribution is 5.10. The predicted octanol–water partition coefficient (Wildman–Crippen LogP) is 2.37. The third kappa shape index (κ3) is 13.6. The second kappa shape index (κ2) is 16.9. The Morgan fingerprint density at radius 3 is 1.77 bits per heavy atom. The molecule has 0 amide bonds. The molecule has 0 N–H and O–H groups in total. The van der Waals surface area contributed by atoms with Crippen LogP contribution in [0.4, 0.5) is 0 Å². The summed E-state index contributed by atoms with van der Waals surface area (Å²) in [6.45, 7) is 14.0. The fourth-order valence-electron chi connectivity index (χ4n) is 0.544. The van der Waals surface area contributed by atoms with Gasteiger partial charge in [0.15, 0.2) is 0 Å². The van der Waals surface area contributed by atoms with Crippen LogP contribution in [0.5, 0.6) is 0 Å². The lowest BCUT2D eigenvalue weighted by Gasteiger charge is -1.78. The summed E-state index contributed by atoms with van der Waals surface area (Å²) in [5, 5.41) is 0. The maximum Gasteiger partial charge on any atom is 0.106 e. The number of carbonyl (C=O) groups excluding carboxylic acids is 1. The van der Waals surface area contributed by atoms with E-state index in [1.165, 1.54) is 0 Å². The van der Waals surface area contributed by atoms with Gasteiger partial charge < -0.3 is 9.36 Å². The van der Waals surface area contributed by atoms with Gasteiger partial charge in [-0.15, -0.1) is 13.2 Å². The predicted molar refractivity (Wildman–Crippen MR) is 57.7 cm³/mol. The molecular weight excluding hydrogens is 164 g/mol. The van der Waals surface area contributed by atoms with E-state index < -0.39 is 0 Å². The normalized spacial score (nSPS) is 6.15. The highest BCUT2D eigenvalue weighted by Gasteiger charge is 1.81. The molecule has 3 heteroatoms. The lowest BCUT2D eigenvalue weighted by atomic mass is 10.6. The summed E-state index contributed by atoms with van der Waals surface area (Å²) in [7, 11) is 1.96. The molecule has 0 spiro atoms. The Hall–Kier alpha value is -1.38. The van der Waals surface area contributed by atoms with Crippen LogP contribution in [0.15, 0.2) is 25.7 Å². The first kappa shape index (κ1) is 17.6. The summed E-state index contributed by atoms with van der Waals surface area (Å²) in [5.74, 6) is 0. The first-order chi connectivity index (χ1) is 6.29. The van der Waals surface area contributed by atoms with Crippen molar-refractivity contribution < 1.29 is 4.79 Å². The van der Waals surface area contributed by atoms with E-state index >= 15 is 0 Å². The third-order valence-corrected chi connectivity index (χ3v) is 0.834. The molecule has 13 heavy (non-hydrogen) atoms. The fourth-order valence-corrected chi connectivity index (χ4v) is 0.544. The summed E-state index contributed by atoms with van der Waals surface area (Å²) in [6, 6.07) is 0. The molecular formula is C10H20N2O. The summed E-state index contributed by atoms with van der Waals surface area (Å²) in [4.78, 5) is 12.0. The molecule has 1 heterocycles. The van der Waals surface area contributed by atoms with Crippen molar-refractivity contribution >= 4 is 6.79 Å². The Morgan fingerprint density at radius 2 is 1.69 bits per heavy atom. The lowest BCUT2D eigenvalue weighted by molar-refractivity contribution is -0.0979. The minimum atomic E-state index is 1.07. The van der Waals surface area contributed by atoms with E-state index in [4.69, 9.17) is 4.79 Å². The lowest BCUT2D eigenvalue weighted by Crippen LogP contribution is -1.76. The van der Waals surface area contributed by atoms with Gasteiger partial charge >= 0.3 is 0 Å². The summed E-state index contributed by atoms with van der Waals surface area (Å²) >= 11 is 0. The molecule has 3 nitrogen and oxygen atoms in total. The summed E-state index contributed by atoms with van der Waals surface area (Å²) in [5.41, 5.74) is 1.07. The van der Waals surface area contributed by atoms with Crippen LogP contribution >= 0.6 is 0 Å². The molecule has 0 aliphatic heterocycles. The first-order valence-electron chi connectivity index (χ1n) is 4.02. The Balaban J connectivity index is -0.000000144. The van der Waals surface area contributed by atoms with Crippen molar-refractivity contribution in [3.63, 3.8) is 0 Å². The average molecular weight is 184 g/mol. The van der Waals surface area contributed by atoms with Gasteiger partial charge in [-0.3, -0.25) is 0 Å². The molecule has 0 radical (unpaired) electrons. The molecule has 0 saturated carbocycles. The number of hydrogen-bond donors (Lipinski definition) is 0. The molecule has 0 fully saturated rings. The summed E-state index contributed by atoms with van der Waals surface area (Å²) in [6.07, 6.45) is 3.76. The van der Waals surface area contributed by atoms with Crippen LogP contribution in [0.25, 0.3) is 0 Å². The molecule has 1 rings (SSSR count). The first-order valence-corrected chi connectivity index (χ1v) is 4.02. The van der Waals surface area contributed by atoms with E-state index in [1.807, 2.05) is 45.4 Å². The molecule has 0 aliphatic carbocycles. The standard InChI is InChI=1S/C5H8N2.C2H6.C2H4.CH2O/c1-5-3-7(2)4-6-5;3*1-2/h3-4H,1-2H3;1-2H3;1-2H2;1H2. The van der Waals surface area contributed by atoms with Crippen molar-refractivity contribution in [1.29, 1.82) is 0 Å². The van der Waals surface area contributed by atoms with Gasteiger partial charge in [0, 0.05) is 13.2 Å². The zero-order valence-corrected chi connectivity index (χ0v) is 9.08. The van der Waals surface area contributed by atoms with Crippen molar-refractivity contribution in [2.24, 2.45) is 7.05 Å². The van der Waals surface area contributed by atoms with E-state index in [2.05, 4.69) is 18.1 Å². The highest BCUT2D eigenvalue weighted by Crippen LogP contribution is 1.86. The molecule has 76 valence electrons. The third-order valence-electron chi connectivity index (χ3n) is 0.834. The number of aryl methyl sites for hydroxylation is 2. The van der Waals surface area contributed by atoms with Gasteiger partial charge in [0.05, 0.1) is 12.0 Å². The van der Waals surface area contributed by atoms with Gasteiger partial charge in [-0.25, -0.2) is 4.98 Å². The maximum absolute atomic E-state index is 8.00. The Labute approximate surface area is 81.1 Å². The Kier molecular flexibility index (Phi) is 23.0. The van der Waals surface area contributed by atoms with Gasteiger partial charge in [-0.2, -0.15) is 0 Å². The van der Waals surface area contributed by atoms with E-state index in [1.54, 1.807) is 6.33 Å². The quantitative estimate of drug-likeness (QED) is 0.580. The maximum atomic E-state index is 8.00. The Morgan fingerprint density at radius 1 is 1.31 bits per heavy atom. The van der Waals surface area contributed by atoms with E-state index in [-0.39, 0.29) is 0 Å². The zero-order valence-electron chi connectivity index (χ0n) is 9.08. The van der Waals surface area contributed by atoms with Gasteiger partial charge in [-0.1, -0.05) is 13.8 Å². The molecule has 1 aromatic rings. The van der Waals surface area contributed by atoms with E-state index in [9.17, 15) is 0 Å². The largest absolute Gasteiger partial charge is 0.340 e. The fraction of sp³-hybridized carbons (Fsp3) is 0.400. The van der Waals surface area contributed by atoms with Gasteiger partial charge in [-0.05, 0) is 6.92 Å². The van der Waals surface area contributed by atoms with Crippen molar-refractivity contribution in [1.82, 2.24) is 9.55 Å². The average Bonchev–Trinajstić information content (AvgIpc) is 2.60. The molecule has 0 saturated heterocycles. The van der Waals surface area contributed by atoms with Crippen LogP contribution in [0, 0.1) is 6.92 Å². The van der Waals surface area contributed by atoms with Crippen molar-refractivity contribution in [2.75, 3.05) is 0 Å². The van der Waals surface area contributed by atoms with Crippen LogP contribution < -0.4 is 0 Å². The van der Waals surface area contributed by atoms with Crippen LogP contribution in [-0.4, -0.2) is 16.3 Å². The Bertz CT molecular complexity index is 166. The number of nitrogens with zero attached hydrogens (tertiary/aromatic N) is 2. The molecule has 0 aliphatic rings. The van der Waals surface area contributed by atoms with Crippen molar-refractivity contribution in [3.05, 3.63) is 31.4 Å². The van der Waals surface area contributed by atoms with Gasteiger partial charge in [0.2, 0.25) is 0 Å². The van der Waals surface area contributed by atoms with E-state index in [0.717, 1.165) is 5.69 Å². The second-order valence-corrected chi connectivity index (χ2v) is 1.68. The van der Waals surface area contributed by atoms with Crippen LogP contribution in [0.1, 0.15) is 19.5 Å². The van der Waals surface area contributed by atoms with E-state index in [0.29, 0.717) is 0 Å². The van der Waals surface area contributed by atoms with Crippen LogP contribution in [0.3, 0.4) is 0 Å². The molecule has 1 aromatic heterocycles. The number of carbonyl (C=O) groups is 1. The minimum absolute atomic E-state index is 1.07. The topological polar surface area (TPSA) is 34.9 Å². The van der Waals surface area contributed by atoms with Gasteiger partial charge in [0.1, 0.15) is 6.79 Å². The van der Waals surface area contributed by atoms with Crippen molar-refractivity contribution in [3.8, 4) is 0 Å². The van der Waals surface area contributed by atoms with Crippen molar-refractivity contribution in [2.45, 2.75) is 20.8 Å². The molecule has 0 aromatic carbocycles. The smallest absolute Gasteiger partial charge is 0.106 e. The van der Waals surface area contributed by atoms with Crippen LogP contribution in [-0.2, 0) is 11.8 Å². The highest BCUT2D eigenvalue weighted by atomic mass is 16.1. The van der Waals surface area contributed by atoms with Crippen LogP contribution in [0.2, 0.25) is 0 Å². The number of rotatable bonds is 0. The molecule has 0 unspecified atom stereocenters. The number of imidazole rings is 1. The number of aromatic nitrogens is 2. The molecule has 0 atom stereocenters. The zero-order chi connectivity index (χ0) is 11.3. The summed E-state index contributed by atoms with van der Waals surface area (Å²) < 4.78 is 1.93. The monoisotopic (exact) mass is 184 g/mol. The van der Waals surface area contributed by atoms with Gasteiger partial charge in [0.25, 0.3) is 0 Å².